The third-order valence-corrected chi connectivity index (χ3v) is 3.99. The van der Waals surface area contributed by atoms with E-state index in [4.69, 9.17) is 9.15 Å². The Hall–Kier alpha value is -2.12. The van der Waals surface area contributed by atoms with Crippen LogP contribution in [0, 0.1) is 0 Å². The van der Waals surface area contributed by atoms with Gasteiger partial charge >= 0.3 is 0 Å². The summed E-state index contributed by atoms with van der Waals surface area (Å²) in [5, 5.41) is 6.05. The van der Waals surface area contributed by atoms with Crippen LogP contribution in [0.3, 0.4) is 0 Å². The maximum atomic E-state index is 11.7. The molecule has 0 saturated carbocycles. The van der Waals surface area contributed by atoms with E-state index in [0.29, 0.717) is 24.5 Å². The van der Waals surface area contributed by atoms with Gasteiger partial charge in [0, 0.05) is 19.6 Å². The third kappa shape index (κ3) is 3.80. The van der Waals surface area contributed by atoms with E-state index in [-0.39, 0.29) is 0 Å². The summed E-state index contributed by atoms with van der Waals surface area (Å²) < 4.78 is 10.5. The highest BCUT2D eigenvalue weighted by molar-refractivity contribution is 5.73. The summed E-state index contributed by atoms with van der Waals surface area (Å²) >= 11 is 0. The van der Waals surface area contributed by atoms with Crippen LogP contribution in [0.2, 0.25) is 0 Å². The van der Waals surface area contributed by atoms with Gasteiger partial charge in [0.25, 0.3) is 10.9 Å². The molecule has 0 amide bonds. The van der Waals surface area contributed by atoms with Gasteiger partial charge in [-0.3, -0.25) is 14.5 Å². The molecule has 0 bridgehead atoms. The van der Waals surface area contributed by atoms with Crippen molar-refractivity contribution in [3.05, 3.63) is 44.6 Å². The molecule has 3 rings (SSSR count). The van der Waals surface area contributed by atoms with Crippen LogP contribution in [-0.2, 0) is 11.3 Å². The first-order valence-corrected chi connectivity index (χ1v) is 7.89. The van der Waals surface area contributed by atoms with E-state index in [1.54, 1.807) is 12.3 Å². The molecule has 0 unspecified atom stereocenters. The second-order valence-corrected chi connectivity index (χ2v) is 5.58. The molecule has 23 heavy (non-hydrogen) atoms. The SMILES string of the molecule is O=c1c(NCCCN2CCOCC2)c(NCc2ccco2)c1=O. The van der Waals surface area contributed by atoms with Crippen LogP contribution in [0.4, 0.5) is 11.4 Å². The Morgan fingerprint density at radius 2 is 1.83 bits per heavy atom. The van der Waals surface area contributed by atoms with Gasteiger partial charge in [-0.2, -0.15) is 0 Å². The van der Waals surface area contributed by atoms with Crippen molar-refractivity contribution in [3.8, 4) is 0 Å². The highest BCUT2D eigenvalue weighted by atomic mass is 16.5. The normalized spacial score (nSPS) is 15.8. The lowest BCUT2D eigenvalue weighted by Crippen LogP contribution is -2.39. The van der Waals surface area contributed by atoms with Crippen molar-refractivity contribution in [2.75, 3.05) is 50.0 Å². The van der Waals surface area contributed by atoms with Crippen molar-refractivity contribution in [2.45, 2.75) is 13.0 Å². The molecule has 7 nitrogen and oxygen atoms in total. The van der Waals surface area contributed by atoms with E-state index in [1.165, 1.54) is 0 Å². The van der Waals surface area contributed by atoms with E-state index in [0.717, 1.165) is 45.0 Å². The average molecular weight is 319 g/mol. The molecule has 1 aromatic carbocycles. The Labute approximate surface area is 133 Å². The fourth-order valence-corrected chi connectivity index (χ4v) is 2.66. The lowest BCUT2D eigenvalue weighted by molar-refractivity contribution is 0.0378. The molecule has 7 heteroatoms. The maximum absolute atomic E-state index is 11.7. The summed E-state index contributed by atoms with van der Waals surface area (Å²) in [6, 6.07) is 3.60. The Morgan fingerprint density at radius 3 is 2.52 bits per heavy atom. The molecule has 1 aromatic heterocycles. The zero-order valence-corrected chi connectivity index (χ0v) is 13.0. The van der Waals surface area contributed by atoms with Crippen LogP contribution in [-0.4, -0.2) is 44.3 Å². The van der Waals surface area contributed by atoms with Crippen LogP contribution in [0.5, 0.6) is 0 Å². The summed E-state index contributed by atoms with van der Waals surface area (Å²) in [6.07, 6.45) is 2.49. The molecule has 2 heterocycles. The van der Waals surface area contributed by atoms with Gasteiger partial charge < -0.3 is 19.8 Å². The Balaban J connectivity index is 1.45. The molecule has 0 radical (unpaired) electrons. The second-order valence-electron chi connectivity index (χ2n) is 5.58. The smallest absolute Gasteiger partial charge is 0.253 e. The number of hydrogen-bond donors (Lipinski definition) is 2. The highest BCUT2D eigenvalue weighted by Gasteiger charge is 2.20. The number of furan rings is 1. The monoisotopic (exact) mass is 319 g/mol. The first kappa shape index (κ1) is 15.8. The molecule has 1 fully saturated rings. The zero-order chi connectivity index (χ0) is 16.1. The molecular weight excluding hydrogens is 298 g/mol. The van der Waals surface area contributed by atoms with E-state index >= 15 is 0 Å². The Morgan fingerprint density at radius 1 is 1.09 bits per heavy atom. The Kier molecular flexibility index (Phi) is 5.09. The third-order valence-electron chi connectivity index (χ3n) is 3.99. The number of nitrogens with one attached hydrogen (secondary N) is 2. The van der Waals surface area contributed by atoms with Gasteiger partial charge in [-0.25, -0.2) is 0 Å². The minimum absolute atomic E-state index is 0.359. The zero-order valence-electron chi connectivity index (χ0n) is 13.0. The molecule has 2 N–H and O–H groups in total. The molecule has 0 aliphatic carbocycles. The van der Waals surface area contributed by atoms with Crippen LogP contribution in [0.25, 0.3) is 0 Å². The molecule has 0 spiro atoms. The summed E-state index contributed by atoms with van der Waals surface area (Å²) in [5.74, 6) is 0.719. The van der Waals surface area contributed by atoms with Crippen LogP contribution in [0.1, 0.15) is 12.2 Å². The minimum atomic E-state index is -0.466. The number of anilines is 2. The Bertz CT molecular complexity index is 683. The topological polar surface area (TPSA) is 83.8 Å². The molecule has 0 atom stereocenters. The van der Waals surface area contributed by atoms with Gasteiger partial charge in [0.15, 0.2) is 0 Å². The molecule has 1 aliphatic heterocycles. The van der Waals surface area contributed by atoms with E-state index in [2.05, 4.69) is 15.5 Å². The predicted molar refractivity (Wildman–Crippen MR) is 87.8 cm³/mol. The number of morpholine rings is 1. The van der Waals surface area contributed by atoms with Crippen molar-refractivity contribution in [2.24, 2.45) is 0 Å². The van der Waals surface area contributed by atoms with Crippen molar-refractivity contribution < 1.29 is 9.15 Å². The van der Waals surface area contributed by atoms with E-state index in [1.807, 2.05) is 6.07 Å². The molecular formula is C16H21N3O4. The van der Waals surface area contributed by atoms with Gasteiger partial charge in [0.1, 0.15) is 17.1 Å². The van der Waals surface area contributed by atoms with Crippen LogP contribution >= 0.6 is 0 Å². The summed E-state index contributed by atoms with van der Waals surface area (Å²) in [6.45, 7) is 5.49. The predicted octanol–water partition coefficient (Wildman–Crippen LogP) is 0.622. The van der Waals surface area contributed by atoms with Crippen molar-refractivity contribution in [3.63, 3.8) is 0 Å². The van der Waals surface area contributed by atoms with Gasteiger partial charge in [-0.05, 0) is 25.1 Å². The van der Waals surface area contributed by atoms with E-state index < -0.39 is 10.9 Å². The largest absolute Gasteiger partial charge is 0.467 e. The lowest BCUT2D eigenvalue weighted by Gasteiger charge is -2.26. The standard InChI is InChI=1S/C16H21N3O4/c20-15-13(17-4-2-5-19-6-9-22-10-7-19)14(16(15)21)18-11-12-3-1-8-23-12/h1,3,8,17-18H,2,4-7,9-11H2. The van der Waals surface area contributed by atoms with Crippen molar-refractivity contribution >= 4 is 11.4 Å². The van der Waals surface area contributed by atoms with Crippen molar-refractivity contribution in [1.82, 2.24) is 4.90 Å². The lowest BCUT2D eigenvalue weighted by atomic mass is 10.2. The fraction of sp³-hybridized carbons (Fsp3) is 0.500. The van der Waals surface area contributed by atoms with E-state index in [9.17, 15) is 9.59 Å². The first-order valence-electron chi connectivity index (χ1n) is 7.89. The molecule has 2 aromatic rings. The average Bonchev–Trinajstić information content (AvgIpc) is 3.10. The number of ether oxygens (including phenoxy) is 1. The molecule has 1 saturated heterocycles. The summed E-state index contributed by atoms with van der Waals surface area (Å²) in [5.41, 5.74) is -0.160. The number of hydrogen-bond acceptors (Lipinski definition) is 7. The maximum Gasteiger partial charge on any atom is 0.253 e. The van der Waals surface area contributed by atoms with Gasteiger partial charge in [-0.1, -0.05) is 0 Å². The number of nitrogens with zero attached hydrogens (tertiary/aromatic N) is 1. The quantitative estimate of drug-likeness (QED) is 0.545. The minimum Gasteiger partial charge on any atom is -0.467 e. The molecule has 124 valence electrons. The summed E-state index contributed by atoms with van der Waals surface area (Å²) in [7, 11) is 0. The molecule has 1 aliphatic rings. The van der Waals surface area contributed by atoms with Gasteiger partial charge in [0.05, 0.1) is 26.0 Å². The summed E-state index contributed by atoms with van der Waals surface area (Å²) in [4.78, 5) is 25.7. The highest BCUT2D eigenvalue weighted by Crippen LogP contribution is 2.15. The van der Waals surface area contributed by atoms with Gasteiger partial charge in [0.2, 0.25) is 0 Å². The number of rotatable bonds is 8. The first-order chi connectivity index (χ1) is 11.3. The van der Waals surface area contributed by atoms with Crippen LogP contribution in [0.15, 0.2) is 32.4 Å². The van der Waals surface area contributed by atoms with Gasteiger partial charge in [-0.15, -0.1) is 0 Å². The van der Waals surface area contributed by atoms with Crippen molar-refractivity contribution in [1.29, 1.82) is 0 Å². The second kappa shape index (κ2) is 7.43. The van der Waals surface area contributed by atoms with Crippen LogP contribution < -0.4 is 21.5 Å². The fourth-order valence-electron chi connectivity index (χ4n) is 2.66.